The molecule has 0 bridgehead atoms. The van der Waals surface area contributed by atoms with Crippen LogP contribution in [0.5, 0.6) is 0 Å². The first-order valence-corrected chi connectivity index (χ1v) is 4.44. The van der Waals surface area contributed by atoms with Crippen LogP contribution in [0.15, 0.2) is 30.3 Å². The summed E-state index contributed by atoms with van der Waals surface area (Å²) >= 11 is 0. The van der Waals surface area contributed by atoms with Gasteiger partial charge in [-0.25, -0.2) is 4.79 Å². The van der Waals surface area contributed by atoms with E-state index in [-0.39, 0.29) is 5.97 Å². The molecule has 0 aliphatic heterocycles. The average molecular weight is 201 g/mol. The maximum Gasteiger partial charge on any atom is 0.330 e. The quantitative estimate of drug-likeness (QED) is 0.544. The van der Waals surface area contributed by atoms with Gasteiger partial charge in [-0.05, 0) is 30.2 Å². The maximum atomic E-state index is 11.0. The summed E-state index contributed by atoms with van der Waals surface area (Å²) in [6.45, 7) is 1.82. The third-order valence-electron chi connectivity index (χ3n) is 2.00. The van der Waals surface area contributed by atoms with Gasteiger partial charge in [0.25, 0.3) is 0 Å². The SMILES string of the molecule is COC(=O)/C=C(\C)c1ccc(C#N)cc1. The van der Waals surface area contributed by atoms with Crippen LogP contribution in [0.25, 0.3) is 5.57 Å². The highest BCUT2D eigenvalue weighted by atomic mass is 16.5. The number of hydrogen-bond acceptors (Lipinski definition) is 3. The lowest BCUT2D eigenvalue weighted by Gasteiger charge is -2.00. The number of ether oxygens (including phenoxy) is 1. The van der Waals surface area contributed by atoms with Crippen molar-refractivity contribution in [3.63, 3.8) is 0 Å². The molecule has 0 saturated carbocycles. The van der Waals surface area contributed by atoms with Gasteiger partial charge in [-0.3, -0.25) is 0 Å². The number of methoxy groups -OCH3 is 1. The molecule has 0 N–H and O–H groups in total. The van der Waals surface area contributed by atoms with E-state index in [1.54, 1.807) is 24.3 Å². The Morgan fingerprint density at radius 3 is 2.47 bits per heavy atom. The fraction of sp³-hybridized carbons (Fsp3) is 0.167. The van der Waals surface area contributed by atoms with Crippen LogP contribution in [-0.4, -0.2) is 13.1 Å². The summed E-state index contributed by atoms with van der Waals surface area (Å²) in [6, 6.07) is 9.06. The summed E-state index contributed by atoms with van der Waals surface area (Å²) in [6.07, 6.45) is 1.42. The minimum atomic E-state index is -0.378. The normalized spacial score (nSPS) is 10.6. The second kappa shape index (κ2) is 4.97. The molecule has 0 aliphatic carbocycles. The third kappa shape index (κ3) is 2.96. The molecule has 0 radical (unpaired) electrons. The van der Waals surface area contributed by atoms with Crippen LogP contribution < -0.4 is 0 Å². The molecule has 76 valence electrons. The van der Waals surface area contributed by atoms with Crippen LogP contribution in [0, 0.1) is 11.3 Å². The van der Waals surface area contributed by atoms with Gasteiger partial charge in [0.05, 0.1) is 18.7 Å². The summed E-state index contributed by atoms with van der Waals surface area (Å²) in [5.74, 6) is -0.378. The van der Waals surface area contributed by atoms with Crippen molar-refractivity contribution in [1.29, 1.82) is 5.26 Å². The van der Waals surface area contributed by atoms with Crippen molar-refractivity contribution < 1.29 is 9.53 Å². The van der Waals surface area contributed by atoms with E-state index in [1.165, 1.54) is 13.2 Å². The highest BCUT2D eigenvalue weighted by Crippen LogP contribution is 2.14. The van der Waals surface area contributed by atoms with Gasteiger partial charge in [-0.1, -0.05) is 12.1 Å². The largest absolute Gasteiger partial charge is 0.466 e. The minimum Gasteiger partial charge on any atom is -0.466 e. The van der Waals surface area contributed by atoms with Gasteiger partial charge in [0.15, 0.2) is 0 Å². The van der Waals surface area contributed by atoms with Crippen molar-refractivity contribution in [2.75, 3.05) is 7.11 Å². The monoisotopic (exact) mass is 201 g/mol. The topological polar surface area (TPSA) is 50.1 Å². The predicted octanol–water partition coefficient (Wildman–Crippen LogP) is 2.13. The lowest BCUT2D eigenvalue weighted by Crippen LogP contribution is -1.95. The van der Waals surface area contributed by atoms with Crippen molar-refractivity contribution in [2.45, 2.75) is 6.92 Å². The number of nitriles is 1. The van der Waals surface area contributed by atoms with Gasteiger partial charge in [-0.2, -0.15) is 5.26 Å². The number of allylic oxidation sites excluding steroid dienone is 1. The van der Waals surface area contributed by atoms with Crippen LogP contribution in [0.4, 0.5) is 0 Å². The van der Waals surface area contributed by atoms with E-state index < -0.39 is 0 Å². The van der Waals surface area contributed by atoms with Crippen molar-refractivity contribution in [2.24, 2.45) is 0 Å². The lowest BCUT2D eigenvalue weighted by atomic mass is 10.1. The molecular weight excluding hydrogens is 190 g/mol. The van der Waals surface area contributed by atoms with Crippen molar-refractivity contribution >= 4 is 11.5 Å². The maximum absolute atomic E-state index is 11.0. The molecule has 0 fully saturated rings. The van der Waals surface area contributed by atoms with Crippen LogP contribution in [0.2, 0.25) is 0 Å². The Kier molecular flexibility index (Phi) is 3.64. The number of nitrogens with zero attached hydrogens (tertiary/aromatic N) is 1. The van der Waals surface area contributed by atoms with E-state index in [9.17, 15) is 4.79 Å². The number of rotatable bonds is 2. The highest BCUT2D eigenvalue weighted by molar-refractivity contribution is 5.90. The molecule has 1 aromatic rings. The lowest BCUT2D eigenvalue weighted by molar-refractivity contribution is -0.134. The molecule has 0 atom stereocenters. The molecule has 15 heavy (non-hydrogen) atoms. The molecule has 1 rings (SSSR count). The Balaban J connectivity index is 2.93. The molecule has 0 heterocycles. The molecule has 0 unspecified atom stereocenters. The number of carbonyl (C=O) groups is 1. The molecule has 0 spiro atoms. The first-order chi connectivity index (χ1) is 7.17. The zero-order valence-corrected chi connectivity index (χ0v) is 8.65. The smallest absolute Gasteiger partial charge is 0.330 e. The van der Waals surface area contributed by atoms with Gasteiger partial charge in [0.1, 0.15) is 0 Å². The summed E-state index contributed by atoms with van der Waals surface area (Å²) in [7, 11) is 1.34. The first-order valence-electron chi connectivity index (χ1n) is 4.44. The standard InChI is InChI=1S/C12H11NO2/c1-9(7-12(14)15-2)11-5-3-10(8-13)4-6-11/h3-7H,1-2H3/b9-7+. The Morgan fingerprint density at radius 1 is 1.40 bits per heavy atom. The Morgan fingerprint density at radius 2 is 2.00 bits per heavy atom. The van der Waals surface area contributed by atoms with E-state index in [0.717, 1.165) is 11.1 Å². The second-order valence-corrected chi connectivity index (χ2v) is 3.04. The summed E-state index contributed by atoms with van der Waals surface area (Å²) < 4.78 is 4.52. The second-order valence-electron chi connectivity index (χ2n) is 3.04. The molecule has 3 heteroatoms. The van der Waals surface area contributed by atoms with E-state index in [1.807, 2.05) is 13.0 Å². The molecule has 3 nitrogen and oxygen atoms in total. The number of carbonyl (C=O) groups excluding carboxylic acids is 1. The number of hydrogen-bond donors (Lipinski definition) is 0. The molecule has 0 saturated heterocycles. The van der Waals surface area contributed by atoms with Gasteiger partial charge >= 0.3 is 5.97 Å². The summed E-state index contributed by atoms with van der Waals surface area (Å²) in [4.78, 5) is 11.0. The zero-order chi connectivity index (χ0) is 11.3. The Hall–Kier alpha value is -2.08. The van der Waals surface area contributed by atoms with Gasteiger partial charge < -0.3 is 4.74 Å². The Bertz CT molecular complexity index is 424. The molecular formula is C12H11NO2. The van der Waals surface area contributed by atoms with E-state index in [4.69, 9.17) is 5.26 Å². The Labute approximate surface area is 88.6 Å². The molecule has 0 aliphatic rings. The highest BCUT2D eigenvalue weighted by Gasteiger charge is 1.99. The molecule has 0 amide bonds. The van der Waals surface area contributed by atoms with Crippen molar-refractivity contribution in [1.82, 2.24) is 0 Å². The molecule has 1 aromatic carbocycles. The fourth-order valence-electron chi connectivity index (χ4n) is 1.13. The summed E-state index contributed by atoms with van der Waals surface area (Å²) in [5.41, 5.74) is 2.32. The van der Waals surface area contributed by atoms with Gasteiger partial charge in [0, 0.05) is 6.08 Å². The van der Waals surface area contributed by atoms with E-state index in [2.05, 4.69) is 4.74 Å². The zero-order valence-electron chi connectivity index (χ0n) is 8.65. The van der Waals surface area contributed by atoms with Crippen molar-refractivity contribution in [3.8, 4) is 6.07 Å². The van der Waals surface area contributed by atoms with Crippen molar-refractivity contribution in [3.05, 3.63) is 41.5 Å². The number of benzene rings is 1. The first kappa shape index (κ1) is 11.0. The average Bonchev–Trinajstić information content (AvgIpc) is 2.29. The number of esters is 1. The van der Waals surface area contributed by atoms with Crippen LogP contribution >= 0.6 is 0 Å². The van der Waals surface area contributed by atoms with Crippen LogP contribution in [0.1, 0.15) is 18.1 Å². The van der Waals surface area contributed by atoms with Crippen LogP contribution in [-0.2, 0) is 9.53 Å². The fourth-order valence-corrected chi connectivity index (χ4v) is 1.13. The van der Waals surface area contributed by atoms with E-state index in [0.29, 0.717) is 5.56 Å². The minimum absolute atomic E-state index is 0.378. The van der Waals surface area contributed by atoms with Gasteiger partial charge in [-0.15, -0.1) is 0 Å². The third-order valence-corrected chi connectivity index (χ3v) is 2.00. The summed E-state index contributed by atoms with van der Waals surface area (Å²) in [5, 5.41) is 8.61. The van der Waals surface area contributed by atoms with Crippen LogP contribution in [0.3, 0.4) is 0 Å². The predicted molar refractivity (Wildman–Crippen MR) is 56.8 cm³/mol. The van der Waals surface area contributed by atoms with Gasteiger partial charge in [0.2, 0.25) is 0 Å². The van der Waals surface area contributed by atoms with E-state index >= 15 is 0 Å². The molecule has 0 aromatic heterocycles.